The van der Waals surface area contributed by atoms with Crippen LogP contribution in [0.25, 0.3) is 83.1 Å². The summed E-state index contributed by atoms with van der Waals surface area (Å²) in [5, 5.41) is 9.84. The normalized spacial score (nSPS) is 11.6. The Morgan fingerprint density at radius 2 is 1.36 bits per heavy atom. The molecule has 5 aromatic carbocycles. The van der Waals surface area contributed by atoms with Crippen molar-refractivity contribution in [2.75, 3.05) is 0 Å². The minimum absolute atomic E-state index is 0.822. The van der Waals surface area contributed by atoms with E-state index < -0.39 is 0 Å². The first-order valence-corrected chi connectivity index (χ1v) is 14.7. The van der Waals surface area contributed by atoms with Crippen molar-refractivity contribution in [3.63, 3.8) is 0 Å². The van der Waals surface area contributed by atoms with Crippen LogP contribution in [0.4, 0.5) is 0 Å². The van der Waals surface area contributed by atoms with E-state index in [0.29, 0.717) is 0 Å². The summed E-state index contributed by atoms with van der Waals surface area (Å²) in [7, 11) is 0. The molecule has 0 spiro atoms. The van der Waals surface area contributed by atoms with Gasteiger partial charge in [-0.15, -0.1) is 0 Å². The summed E-state index contributed by atoms with van der Waals surface area (Å²) >= 11 is 0. The van der Waals surface area contributed by atoms with Gasteiger partial charge >= 0.3 is 0 Å². The van der Waals surface area contributed by atoms with Gasteiger partial charge in [0.15, 0.2) is 0 Å². The topological polar surface area (TPSA) is 59.4 Å². The standard InChI is InChI=1S/C39H25N5/c1-2-10-25(11-3-1)27-22-23-40-34(24-27)33-21-20-26-12-8-19-36(37(26)42-33)44-35-18-7-5-14-30(35)39(43-44)31-16-9-15-29-28-13-4-6-17-32(28)41-38(29)31/h1-24,41H. The van der Waals surface area contributed by atoms with Crippen molar-refractivity contribution in [1.29, 1.82) is 0 Å². The summed E-state index contributed by atoms with van der Waals surface area (Å²) in [6, 6.07) is 48.3. The lowest BCUT2D eigenvalue weighted by molar-refractivity contribution is 0.920. The summed E-state index contributed by atoms with van der Waals surface area (Å²) in [6.07, 6.45) is 1.85. The molecule has 0 radical (unpaired) electrons. The predicted molar refractivity (Wildman–Crippen MR) is 180 cm³/mol. The molecule has 0 aliphatic rings. The number of fused-ring (bicyclic) bond motifs is 5. The number of benzene rings is 5. The molecule has 0 aliphatic heterocycles. The number of nitrogens with zero attached hydrogens (tertiary/aromatic N) is 4. The van der Waals surface area contributed by atoms with E-state index in [4.69, 9.17) is 15.1 Å². The van der Waals surface area contributed by atoms with Crippen molar-refractivity contribution >= 4 is 43.6 Å². The Balaban J connectivity index is 1.24. The fraction of sp³-hybridized carbons (Fsp3) is 0. The van der Waals surface area contributed by atoms with Crippen molar-refractivity contribution in [1.82, 2.24) is 24.7 Å². The first-order chi connectivity index (χ1) is 21.8. The van der Waals surface area contributed by atoms with Crippen LogP contribution in [0.2, 0.25) is 0 Å². The highest BCUT2D eigenvalue weighted by atomic mass is 15.3. The van der Waals surface area contributed by atoms with Crippen molar-refractivity contribution in [2.24, 2.45) is 0 Å². The Bertz CT molecular complexity index is 2510. The van der Waals surface area contributed by atoms with Crippen molar-refractivity contribution in [3.05, 3.63) is 146 Å². The SMILES string of the molecule is c1ccc(-c2ccnc(-c3ccc4cccc(-n5nc(-c6cccc7c6[nH]c6ccccc67)c6ccccc65)c4n3)c2)cc1. The fourth-order valence-electron chi connectivity index (χ4n) is 6.35. The summed E-state index contributed by atoms with van der Waals surface area (Å²) in [4.78, 5) is 13.6. The highest BCUT2D eigenvalue weighted by Crippen LogP contribution is 2.37. The van der Waals surface area contributed by atoms with E-state index in [1.54, 1.807) is 0 Å². The number of para-hydroxylation sites is 4. The molecular weight excluding hydrogens is 538 g/mol. The van der Waals surface area contributed by atoms with E-state index in [1.807, 2.05) is 29.1 Å². The molecule has 0 unspecified atom stereocenters. The van der Waals surface area contributed by atoms with Gasteiger partial charge in [0.1, 0.15) is 5.69 Å². The number of hydrogen-bond acceptors (Lipinski definition) is 3. The highest BCUT2D eigenvalue weighted by Gasteiger charge is 2.19. The third kappa shape index (κ3) is 3.83. The molecule has 0 aliphatic carbocycles. The average molecular weight is 564 g/mol. The molecule has 0 atom stereocenters. The number of aromatic amines is 1. The Kier molecular flexibility index (Phi) is 5.43. The van der Waals surface area contributed by atoms with E-state index in [9.17, 15) is 0 Å². The third-order valence-corrected chi connectivity index (χ3v) is 8.44. The maximum Gasteiger partial charge on any atom is 0.103 e. The van der Waals surface area contributed by atoms with Gasteiger partial charge in [-0.3, -0.25) is 4.98 Å². The van der Waals surface area contributed by atoms with Crippen molar-refractivity contribution in [3.8, 4) is 39.5 Å². The molecule has 0 saturated carbocycles. The van der Waals surface area contributed by atoms with Gasteiger partial charge in [-0.05, 0) is 47.5 Å². The lowest BCUT2D eigenvalue weighted by atomic mass is 10.0. The van der Waals surface area contributed by atoms with Crippen LogP contribution in [-0.4, -0.2) is 24.7 Å². The van der Waals surface area contributed by atoms with Gasteiger partial charge in [0.05, 0.1) is 33.6 Å². The lowest BCUT2D eigenvalue weighted by Gasteiger charge is -2.10. The molecule has 206 valence electrons. The molecule has 0 fully saturated rings. The Morgan fingerprint density at radius 1 is 0.568 bits per heavy atom. The molecule has 0 bridgehead atoms. The molecule has 5 nitrogen and oxygen atoms in total. The van der Waals surface area contributed by atoms with Crippen LogP contribution in [0.15, 0.2) is 146 Å². The van der Waals surface area contributed by atoms with Crippen LogP contribution in [0.5, 0.6) is 0 Å². The number of rotatable bonds is 4. The van der Waals surface area contributed by atoms with E-state index in [2.05, 4.69) is 126 Å². The molecule has 4 heterocycles. The summed E-state index contributed by atoms with van der Waals surface area (Å²) in [5.74, 6) is 0. The number of H-pyrrole nitrogens is 1. The minimum Gasteiger partial charge on any atom is -0.354 e. The van der Waals surface area contributed by atoms with Crippen LogP contribution in [0.1, 0.15) is 0 Å². The first kappa shape index (κ1) is 24.5. The molecule has 0 amide bonds. The zero-order chi connectivity index (χ0) is 29.0. The van der Waals surface area contributed by atoms with E-state index in [0.717, 1.165) is 72.3 Å². The molecule has 0 saturated heterocycles. The van der Waals surface area contributed by atoms with Gasteiger partial charge in [0.2, 0.25) is 0 Å². The largest absolute Gasteiger partial charge is 0.354 e. The van der Waals surface area contributed by atoms with Gasteiger partial charge in [-0.25, -0.2) is 9.67 Å². The number of nitrogens with one attached hydrogen (secondary N) is 1. The maximum atomic E-state index is 5.30. The highest BCUT2D eigenvalue weighted by molar-refractivity contribution is 6.13. The minimum atomic E-state index is 0.822. The Hall–Kier alpha value is -6.07. The molecule has 1 N–H and O–H groups in total. The Labute approximate surface area is 253 Å². The van der Waals surface area contributed by atoms with Crippen LogP contribution in [-0.2, 0) is 0 Å². The molecule has 9 rings (SSSR count). The zero-order valence-corrected chi connectivity index (χ0v) is 23.6. The summed E-state index contributed by atoms with van der Waals surface area (Å²) in [6.45, 7) is 0. The second-order valence-corrected chi connectivity index (χ2v) is 11.0. The quantitative estimate of drug-likeness (QED) is 0.232. The van der Waals surface area contributed by atoms with Crippen molar-refractivity contribution in [2.45, 2.75) is 0 Å². The van der Waals surface area contributed by atoms with Gasteiger partial charge in [-0.2, -0.15) is 5.10 Å². The first-order valence-electron chi connectivity index (χ1n) is 14.7. The molecule has 5 heteroatoms. The third-order valence-electron chi connectivity index (χ3n) is 8.44. The van der Waals surface area contributed by atoms with E-state index in [-0.39, 0.29) is 0 Å². The zero-order valence-electron chi connectivity index (χ0n) is 23.6. The fourth-order valence-corrected chi connectivity index (χ4v) is 6.35. The van der Waals surface area contributed by atoms with Gasteiger partial charge in [-0.1, -0.05) is 103 Å². The van der Waals surface area contributed by atoms with Gasteiger partial charge < -0.3 is 4.98 Å². The van der Waals surface area contributed by atoms with E-state index >= 15 is 0 Å². The van der Waals surface area contributed by atoms with Crippen LogP contribution in [0.3, 0.4) is 0 Å². The molecule has 44 heavy (non-hydrogen) atoms. The van der Waals surface area contributed by atoms with E-state index in [1.165, 1.54) is 10.8 Å². The smallest absolute Gasteiger partial charge is 0.103 e. The molecular formula is C39H25N5. The van der Waals surface area contributed by atoms with Gasteiger partial charge in [0, 0.05) is 38.8 Å². The monoisotopic (exact) mass is 563 g/mol. The number of pyridine rings is 2. The summed E-state index contributed by atoms with van der Waals surface area (Å²) < 4.78 is 2.04. The second kappa shape index (κ2) is 9.75. The van der Waals surface area contributed by atoms with Crippen molar-refractivity contribution < 1.29 is 0 Å². The maximum absolute atomic E-state index is 5.30. The molecule has 9 aromatic rings. The molecule has 4 aromatic heterocycles. The van der Waals surface area contributed by atoms with Crippen LogP contribution >= 0.6 is 0 Å². The number of aromatic nitrogens is 5. The summed E-state index contributed by atoms with van der Waals surface area (Å²) in [5.41, 5.74) is 11.0. The average Bonchev–Trinajstić information content (AvgIpc) is 3.67. The predicted octanol–water partition coefficient (Wildman–Crippen LogP) is 9.60. The second-order valence-electron chi connectivity index (χ2n) is 11.0. The van der Waals surface area contributed by atoms with Gasteiger partial charge in [0.25, 0.3) is 0 Å². The van der Waals surface area contributed by atoms with Crippen LogP contribution in [0, 0.1) is 0 Å². The number of hydrogen-bond donors (Lipinski definition) is 1. The van der Waals surface area contributed by atoms with Crippen LogP contribution < -0.4 is 0 Å². The lowest BCUT2D eigenvalue weighted by Crippen LogP contribution is -2.00. The Morgan fingerprint density at radius 3 is 2.30 bits per heavy atom.